The molecule has 0 heterocycles. The number of Topliss-reactive ketones (excluding diaryl/α,β-unsaturated/α-hetero) is 1. The fourth-order valence-electron chi connectivity index (χ4n) is 0.762. The topological polar surface area (TPSA) is 43.4 Å². The highest BCUT2D eigenvalue weighted by Crippen LogP contribution is 2.23. The Kier molecular flexibility index (Phi) is 3.23. The Balaban J connectivity index is 4.59. The van der Waals surface area contributed by atoms with Crippen molar-refractivity contribution in [1.29, 1.82) is 0 Å². The Labute approximate surface area is 66.7 Å². The average molecular weight is 158 g/mol. The maximum atomic E-state index is 11.1. The lowest BCUT2D eigenvalue weighted by molar-refractivity contribution is -0.156. The minimum Gasteiger partial charge on any atom is -0.468 e. The molecule has 0 rings (SSSR count). The second-order valence-corrected chi connectivity index (χ2v) is 2.73. The Hall–Kier alpha value is -0.860. The molecule has 0 aromatic carbocycles. The summed E-state index contributed by atoms with van der Waals surface area (Å²) in [4.78, 5) is 22.1. The van der Waals surface area contributed by atoms with E-state index in [1.807, 2.05) is 0 Å². The van der Waals surface area contributed by atoms with E-state index in [1.54, 1.807) is 13.8 Å². The predicted octanol–water partition coefficient (Wildman–Crippen LogP) is 1.16. The van der Waals surface area contributed by atoms with Crippen LogP contribution >= 0.6 is 0 Å². The van der Waals surface area contributed by atoms with Crippen molar-refractivity contribution in [2.24, 2.45) is 5.41 Å². The number of ether oxygens (including phenoxy) is 1. The predicted molar refractivity (Wildman–Crippen MR) is 41.1 cm³/mol. The Morgan fingerprint density at radius 1 is 1.45 bits per heavy atom. The van der Waals surface area contributed by atoms with E-state index >= 15 is 0 Å². The molecule has 0 aromatic rings. The van der Waals surface area contributed by atoms with Gasteiger partial charge in [0.1, 0.15) is 11.2 Å². The second kappa shape index (κ2) is 3.51. The first-order valence-corrected chi connectivity index (χ1v) is 3.58. The van der Waals surface area contributed by atoms with E-state index in [0.717, 1.165) is 0 Å². The summed E-state index contributed by atoms with van der Waals surface area (Å²) in [6.07, 6.45) is 0.481. The standard InChI is InChI=1S/C8H14O3/c1-5-8(3,6(2)9)7(10)11-4/h5H2,1-4H3/t8-/m1/s1. The summed E-state index contributed by atoms with van der Waals surface area (Å²) in [5.74, 6) is -0.598. The monoisotopic (exact) mass is 158 g/mol. The van der Waals surface area contributed by atoms with E-state index in [-0.39, 0.29) is 5.78 Å². The number of hydrogen-bond acceptors (Lipinski definition) is 3. The normalized spacial score (nSPS) is 15.3. The minimum absolute atomic E-state index is 0.146. The molecule has 0 radical (unpaired) electrons. The summed E-state index contributed by atoms with van der Waals surface area (Å²) < 4.78 is 4.51. The first-order valence-electron chi connectivity index (χ1n) is 3.58. The third-order valence-electron chi connectivity index (χ3n) is 2.12. The van der Waals surface area contributed by atoms with Crippen LogP contribution in [0, 0.1) is 5.41 Å². The van der Waals surface area contributed by atoms with Crippen LogP contribution in [-0.4, -0.2) is 18.9 Å². The molecule has 0 N–H and O–H groups in total. The van der Waals surface area contributed by atoms with Crippen molar-refractivity contribution in [1.82, 2.24) is 0 Å². The van der Waals surface area contributed by atoms with Gasteiger partial charge >= 0.3 is 5.97 Å². The quantitative estimate of drug-likeness (QED) is 0.457. The van der Waals surface area contributed by atoms with Crippen molar-refractivity contribution >= 4 is 11.8 Å². The Bertz CT molecular complexity index is 174. The number of rotatable bonds is 3. The fourth-order valence-corrected chi connectivity index (χ4v) is 0.762. The smallest absolute Gasteiger partial charge is 0.319 e. The van der Waals surface area contributed by atoms with Crippen molar-refractivity contribution in [2.75, 3.05) is 7.11 Å². The number of hydrogen-bond donors (Lipinski definition) is 0. The molecule has 64 valence electrons. The van der Waals surface area contributed by atoms with E-state index < -0.39 is 11.4 Å². The first-order chi connectivity index (χ1) is 4.99. The van der Waals surface area contributed by atoms with Gasteiger partial charge in [0.25, 0.3) is 0 Å². The third-order valence-corrected chi connectivity index (χ3v) is 2.12. The molecule has 0 spiro atoms. The zero-order chi connectivity index (χ0) is 9.07. The average Bonchev–Trinajstić information content (AvgIpc) is 2.01. The SMILES string of the molecule is CC[C@](C)(C(C)=O)C(=O)OC. The van der Waals surface area contributed by atoms with Gasteiger partial charge in [-0.3, -0.25) is 9.59 Å². The van der Waals surface area contributed by atoms with E-state index in [1.165, 1.54) is 14.0 Å². The highest BCUT2D eigenvalue weighted by atomic mass is 16.5. The van der Waals surface area contributed by atoms with Gasteiger partial charge in [0.05, 0.1) is 7.11 Å². The van der Waals surface area contributed by atoms with Crippen LogP contribution in [0.3, 0.4) is 0 Å². The summed E-state index contributed by atoms with van der Waals surface area (Å²) in [6.45, 7) is 4.79. The minimum atomic E-state index is -0.950. The van der Waals surface area contributed by atoms with Gasteiger partial charge < -0.3 is 4.74 Å². The van der Waals surface area contributed by atoms with Gasteiger partial charge in [-0.05, 0) is 20.3 Å². The van der Waals surface area contributed by atoms with Crippen molar-refractivity contribution in [3.05, 3.63) is 0 Å². The summed E-state index contributed by atoms with van der Waals surface area (Å²) in [5, 5.41) is 0. The molecule has 3 heteroatoms. The molecule has 0 aromatic heterocycles. The van der Waals surface area contributed by atoms with Gasteiger partial charge in [0.15, 0.2) is 0 Å². The van der Waals surface area contributed by atoms with Gasteiger partial charge in [-0.2, -0.15) is 0 Å². The molecule has 0 saturated heterocycles. The van der Waals surface area contributed by atoms with Crippen LogP contribution in [0.5, 0.6) is 0 Å². The number of methoxy groups -OCH3 is 1. The lowest BCUT2D eigenvalue weighted by Crippen LogP contribution is -2.35. The van der Waals surface area contributed by atoms with Crippen LogP contribution in [0.1, 0.15) is 27.2 Å². The molecular weight excluding hydrogens is 144 g/mol. The van der Waals surface area contributed by atoms with Gasteiger partial charge in [-0.15, -0.1) is 0 Å². The van der Waals surface area contributed by atoms with Crippen LogP contribution in [-0.2, 0) is 14.3 Å². The number of carbonyl (C=O) groups is 2. The van der Waals surface area contributed by atoms with Crippen LogP contribution in [0.25, 0.3) is 0 Å². The number of ketones is 1. The molecule has 0 unspecified atom stereocenters. The molecule has 0 amide bonds. The highest BCUT2D eigenvalue weighted by Gasteiger charge is 2.37. The summed E-state index contributed by atoms with van der Waals surface area (Å²) in [7, 11) is 1.29. The van der Waals surface area contributed by atoms with Gasteiger partial charge in [0, 0.05) is 0 Å². The second-order valence-electron chi connectivity index (χ2n) is 2.73. The van der Waals surface area contributed by atoms with E-state index in [9.17, 15) is 9.59 Å². The summed E-state index contributed by atoms with van der Waals surface area (Å²) in [6, 6.07) is 0. The Morgan fingerprint density at radius 2 is 1.91 bits per heavy atom. The van der Waals surface area contributed by atoms with Crippen molar-refractivity contribution in [2.45, 2.75) is 27.2 Å². The number of esters is 1. The molecular formula is C8H14O3. The first kappa shape index (κ1) is 10.1. The molecule has 0 saturated carbocycles. The fraction of sp³-hybridized carbons (Fsp3) is 0.750. The van der Waals surface area contributed by atoms with Crippen LogP contribution < -0.4 is 0 Å². The van der Waals surface area contributed by atoms with Crippen molar-refractivity contribution in [3.8, 4) is 0 Å². The van der Waals surface area contributed by atoms with E-state index in [4.69, 9.17) is 0 Å². The molecule has 0 aliphatic carbocycles. The zero-order valence-corrected chi connectivity index (χ0v) is 7.43. The molecule has 0 bridgehead atoms. The van der Waals surface area contributed by atoms with Gasteiger partial charge in [-0.25, -0.2) is 0 Å². The van der Waals surface area contributed by atoms with Crippen molar-refractivity contribution in [3.63, 3.8) is 0 Å². The molecule has 0 aliphatic rings. The van der Waals surface area contributed by atoms with Crippen LogP contribution in [0.4, 0.5) is 0 Å². The molecule has 3 nitrogen and oxygen atoms in total. The lowest BCUT2D eigenvalue weighted by atomic mass is 9.84. The molecule has 0 fully saturated rings. The van der Waals surface area contributed by atoms with Crippen LogP contribution in [0.2, 0.25) is 0 Å². The third kappa shape index (κ3) is 1.79. The zero-order valence-electron chi connectivity index (χ0n) is 7.43. The maximum absolute atomic E-state index is 11.1. The van der Waals surface area contributed by atoms with E-state index in [0.29, 0.717) is 6.42 Å². The summed E-state index contributed by atoms with van der Waals surface area (Å²) >= 11 is 0. The van der Waals surface area contributed by atoms with Crippen LogP contribution in [0.15, 0.2) is 0 Å². The molecule has 1 atom stereocenters. The number of carbonyl (C=O) groups excluding carboxylic acids is 2. The van der Waals surface area contributed by atoms with Gasteiger partial charge in [0.2, 0.25) is 0 Å². The van der Waals surface area contributed by atoms with Crippen molar-refractivity contribution < 1.29 is 14.3 Å². The van der Waals surface area contributed by atoms with Gasteiger partial charge in [-0.1, -0.05) is 6.92 Å². The molecule has 0 aliphatic heterocycles. The highest BCUT2D eigenvalue weighted by molar-refractivity contribution is 6.02. The van der Waals surface area contributed by atoms with E-state index in [2.05, 4.69) is 4.74 Å². The maximum Gasteiger partial charge on any atom is 0.319 e. The lowest BCUT2D eigenvalue weighted by Gasteiger charge is -2.20. The largest absolute Gasteiger partial charge is 0.468 e. The molecule has 11 heavy (non-hydrogen) atoms. The Morgan fingerprint density at radius 3 is 2.00 bits per heavy atom. The summed E-state index contributed by atoms with van der Waals surface area (Å²) in [5.41, 5.74) is -0.950.